The fourth-order valence-corrected chi connectivity index (χ4v) is 2.84. The summed E-state index contributed by atoms with van der Waals surface area (Å²) in [6, 6.07) is 13.0. The zero-order chi connectivity index (χ0) is 19.4. The topological polar surface area (TPSA) is 71.8 Å². The summed E-state index contributed by atoms with van der Waals surface area (Å²) >= 11 is 0. The number of methoxy groups -OCH3 is 1. The molecule has 0 fully saturated rings. The summed E-state index contributed by atoms with van der Waals surface area (Å²) in [5.41, 5.74) is 3.15. The maximum atomic E-state index is 12.4. The highest BCUT2D eigenvalue weighted by Crippen LogP contribution is 2.26. The molecule has 1 aromatic heterocycles. The van der Waals surface area contributed by atoms with Crippen LogP contribution in [0.1, 0.15) is 18.1 Å². The van der Waals surface area contributed by atoms with Crippen molar-refractivity contribution in [2.75, 3.05) is 19.5 Å². The molecule has 0 aliphatic rings. The van der Waals surface area contributed by atoms with E-state index in [-0.39, 0.29) is 18.2 Å². The van der Waals surface area contributed by atoms with E-state index in [9.17, 15) is 9.59 Å². The maximum absolute atomic E-state index is 12.4. The molecular formula is C21H22N2O4. The van der Waals surface area contributed by atoms with E-state index in [0.717, 1.165) is 16.5 Å². The number of fused-ring (bicyclic) bond motifs is 1. The molecule has 140 valence electrons. The Balaban J connectivity index is 1.68. The van der Waals surface area contributed by atoms with Crippen LogP contribution < -0.4 is 10.1 Å². The van der Waals surface area contributed by atoms with Crippen LogP contribution in [0, 0.1) is 0 Å². The summed E-state index contributed by atoms with van der Waals surface area (Å²) in [5.74, 6) is 0.568. The van der Waals surface area contributed by atoms with Gasteiger partial charge in [-0.25, -0.2) is 0 Å². The Morgan fingerprint density at radius 1 is 1.19 bits per heavy atom. The number of carbonyl (C=O) groups is 2. The van der Waals surface area contributed by atoms with Gasteiger partial charge in [-0.1, -0.05) is 12.1 Å². The summed E-state index contributed by atoms with van der Waals surface area (Å²) in [7, 11) is 3.34. The first-order chi connectivity index (χ1) is 13.0. The van der Waals surface area contributed by atoms with Gasteiger partial charge in [-0.2, -0.15) is 0 Å². The van der Waals surface area contributed by atoms with Gasteiger partial charge in [-0.15, -0.1) is 0 Å². The summed E-state index contributed by atoms with van der Waals surface area (Å²) in [6.07, 6.45) is 1.80. The fraction of sp³-hybridized carbons (Fsp3) is 0.238. The third kappa shape index (κ3) is 4.47. The minimum Gasteiger partial charge on any atom is -0.497 e. The van der Waals surface area contributed by atoms with E-state index in [2.05, 4.69) is 5.32 Å². The third-order valence-electron chi connectivity index (χ3n) is 4.38. The quantitative estimate of drug-likeness (QED) is 0.723. The molecule has 1 N–H and O–H groups in total. The van der Waals surface area contributed by atoms with Crippen LogP contribution in [0.4, 0.5) is 5.69 Å². The Labute approximate surface area is 157 Å². The number of hydrogen-bond acceptors (Lipinski definition) is 4. The summed E-state index contributed by atoms with van der Waals surface area (Å²) in [5, 5.41) is 3.79. The minimum absolute atomic E-state index is 0.00657. The summed E-state index contributed by atoms with van der Waals surface area (Å²) in [4.78, 5) is 25.4. The molecule has 0 atom stereocenters. The second-order valence-electron chi connectivity index (χ2n) is 6.42. The first-order valence-electron chi connectivity index (χ1n) is 8.61. The molecule has 6 nitrogen and oxygen atoms in total. The van der Waals surface area contributed by atoms with Crippen LogP contribution in [0.2, 0.25) is 0 Å². The van der Waals surface area contributed by atoms with E-state index >= 15 is 0 Å². The molecule has 6 heteroatoms. The molecule has 1 heterocycles. The predicted molar refractivity (Wildman–Crippen MR) is 104 cm³/mol. The molecular weight excluding hydrogens is 344 g/mol. The smallest absolute Gasteiger partial charge is 0.228 e. The zero-order valence-corrected chi connectivity index (χ0v) is 15.6. The molecule has 0 saturated carbocycles. The van der Waals surface area contributed by atoms with Crippen molar-refractivity contribution in [1.29, 1.82) is 0 Å². The average Bonchev–Trinajstić information content (AvgIpc) is 3.03. The lowest BCUT2D eigenvalue weighted by Crippen LogP contribution is -2.23. The van der Waals surface area contributed by atoms with Crippen LogP contribution in [0.5, 0.6) is 5.75 Å². The van der Waals surface area contributed by atoms with Gasteiger partial charge < -0.3 is 19.4 Å². The fourth-order valence-electron chi connectivity index (χ4n) is 2.84. The van der Waals surface area contributed by atoms with Gasteiger partial charge in [-0.3, -0.25) is 9.59 Å². The number of ether oxygens (including phenoxy) is 1. The predicted octanol–water partition coefficient (Wildman–Crippen LogP) is 3.60. The van der Waals surface area contributed by atoms with Crippen molar-refractivity contribution in [2.24, 2.45) is 0 Å². The van der Waals surface area contributed by atoms with Gasteiger partial charge >= 0.3 is 0 Å². The van der Waals surface area contributed by atoms with Crippen molar-refractivity contribution >= 4 is 28.5 Å². The molecule has 2 aromatic carbocycles. The zero-order valence-electron chi connectivity index (χ0n) is 15.6. The molecule has 0 aliphatic heterocycles. The number of amides is 2. The second-order valence-corrected chi connectivity index (χ2v) is 6.42. The van der Waals surface area contributed by atoms with Crippen LogP contribution in [-0.4, -0.2) is 30.9 Å². The lowest BCUT2D eigenvalue weighted by atomic mass is 10.1. The Kier molecular flexibility index (Phi) is 5.45. The Hall–Kier alpha value is -3.28. The van der Waals surface area contributed by atoms with Gasteiger partial charge in [0.1, 0.15) is 11.3 Å². The number of nitrogens with one attached hydrogen (secondary N) is 1. The van der Waals surface area contributed by atoms with Crippen LogP contribution >= 0.6 is 0 Å². The molecule has 2 amide bonds. The lowest BCUT2D eigenvalue weighted by Gasteiger charge is -2.15. The first kappa shape index (κ1) is 18.5. The number of hydrogen-bond donors (Lipinski definition) is 1. The number of furan rings is 1. The summed E-state index contributed by atoms with van der Waals surface area (Å²) < 4.78 is 10.7. The molecule has 0 radical (unpaired) electrons. The second kappa shape index (κ2) is 7.95. The highest BCUT2D eigenvalue weighted by atomic mass is 16.5. The largest absolute Gasteiger partial charge is 0.497 e. The van der Waals surface area contributed by atoms with E-state index < -0.39 is 0 Å². The number of rotatable bonds is 6. The van der Waals surface area contributed by atoms with Crippen LogP contribution in [-0.2, 0) is 22.6 Å². The monoisotopic (exact) mass is 366 g/mol. The number of carbonyl (C=O) groups excluding carboxylic acids is 2. The SMILES string of the molecule is COc1ccc2c(CC(=O)Nc3cccc(CN(C)C(C)=O)c3)coc2c1. The van der Waals surface area contributed by atoms with Crippen LogP contribution in [0.15, 0.2) is 53.1 Å². The van der Waals surface area contributed by atoms with Crippen LogP contribution in [0.25, 0.3) is 11.0 Å². The normalized spacial score (nSPS) is 10.6. The van der Waals surface area contributed by atoms with Crippen LogP contribution in [0.3, 0.4) is 0 Å². The molecule has 3 rings (SSSR count). The van der Waals surface area contributed by atoms with Crippen molar-refractivity contribution in [2.45, 2.75) is 19.9 Å². The Bertz CT molecular complexity index is 977. The molecule has 0 spiro atoms. The molecule has 3 aromatic rings. The standard InChI is InChI=1S/C21H22N2O4/c1-14(24)23(2)12-15-5-4-6-17(9-15)22-21(25)10-16-13-27-20-11-18(26-3)7-8-19(16)20/h4-9,11,13H,10,12H2,1-3H3,(H,22,25). The lowest BCUT2D eigenvalue weighted by molar-refractivity contribution is -0.128. The number of benzene rings is 2. The van der Waals surface area contributed by atoms with Gasteiger partial charge in [0.15, 0.2) is 0 Å². The van der Waals surface area contributed by atoms with E-state index in [1.165, 1.54) is 6.92 Å². The minimum atomic E-state index is -0.134. The van der Waals surface area contributed by atoms with E-state index in [4.69, 9.17) is 9.15 Å². The van der Waals surface area contributed by atoms with Crippen molar-refractivity contribution < 1.29 is 18.7 Å². The Morgan fingerprint density at radius 3 is 2.74 bits per heavy atom. The molecule has 0 unspecified atom stereocenters. The Morgan fingerprint density at radius 2 is 2.00 bits per heavy atom. The van der Waals surface area contributed by atoms with Crippen molar-refractivity contribution in [3.05, 3.63) is 59.9 Å². The van der Waals surface area contributed by atoms with Crippen molar-refractivity contribution in [1.82, 2.24) is 4.90 Å². The first-order valence-corrected chi connectivity index (χ1v) is 8.61. The van der Waals surface area contributed by atoms with Gasteiger partial charge in [0.2, 0.25) is 11.8 Å². The van der Waals surface area contributed by atoms with Gasteiger partial charge in [0.05, 0.1) is 19.8 Å². The number of anilines is 1. The number of nitrogens with zero attached hydrogens (tertiary/aromatic N) is 1. The highest BCUT2D eigenvalue weighted by molar-refractivity contribution is 5.95. The highest BCUT2D eigenvalue weighted by Gasteiger charge is 2.12. The maximum Gasteiger partial charge on any atom is 0.228 e. The van der Waals surface area contributed by atoms with E-state index in [0.29, 0.717) is 23.6 Å². The van der Waals surface area contributed by atoms with Gasteiger partial charge in [-0.05, 0) is 29.8 Å². The molecule has 0 aliphatic carbocycles. The van der Waals surface area contributed by atoms with Gasteiger partial charge in [0.25, 0.3) is 0 Å². The average molecular weight is 366 g/mol. The molecule has 0 saturated heterocycles. The molecule has 27 heavy (non-hydrogen) atoms. The van der Waals surface area contributed by atoms with E-state index in [1.807, 2.05) is 36.4 Å². The van der Waals surface area contributed by atoms with E-state index in [1.54, 1.807) is 31.4 Å². The van der Waals surface area contributed by atoms with Crippen molar-refractivity contribution in [3.8, 4) is 5.75 Å². The third-order valence-corrected chi connectivity index (χ3v) is 4.38. The van der Waals surface area contributed by atoms with Gasteiger partial charge in [0, 0.05) is 43.2 Å². The molecule has 0 bridgehead atoms. The van der Waals surface area contributed by atoms with Crippen molar-refractivity contribution in [3.63, 3.8) is 0 Å². The summed E-state index contributed by atoms with van der Waals surface area (Å²) in [6.45, 7) is 2.02.